The third-order valence-corrected chi connectivity index (χ3v) is 4.22. The number of nitrogens with two attached hydrogens (primary N) is 1. The molecule has 0 fully saturated rings. The van der Waals surface area contributed by atoms with Gasteiger partial charge in [-0.3, -0.25) is 0 Å². The fourth-order valence-corrected chi connectivity index (χ4v) is 2.46. The highest BCUT2D eigenvalue weighted by molar-refractivity contribution is 7.91. The highest BCUT2D eigenvalue weighted by Gasteiger charge is 2.28. The molecule has 0 amide bonds. The highest BCUT2D eigenvalue weighted by atomic mass is 32.2. The second-order valence-corrected chi connectivity index (χ2v) is 6.07. The average Bonchev–Trinajstić information content (AvgIpc) is 2.38. The van der Waals surface area contributed by atoms with E-state index >= 15 is 0 Å². The molecule has 0 saturated heterocycles. The van der Waals surface area contributed by atoms with E-state index in [9.17, 15) is 17.2 Å². The van der Waals surface area contributed by atoms with Crippen LogP contribution in [-0.4, -0.2) is 26.8 Å². The predicted molar refractivity (Wildman–Crippen MR) is 71.0 cm³/mol. The molecule has 1 aromatic rings. The monoisotopic (exact) mass is 292 g/mol. The molecular formula is C12H18F2N2O2S. The molecule has 19 heavy (non-hydrogen) atoms. The number of hydrogen-bond donors (Lipinski definition) is 2. The molecular weight excluding hydrogens is 274 g/mol. The van der Waals surface area contributed by atoms with Crippen LogP contribution < -0.4 is 11.1 Å². The average molecular weight is 292 g/mol. The van der Waals surface area contributed by atoms with Crippen LogP contribution in [-0.2, 0) is 9.84 Å². The van der Waals surface area contributed by atoms with E-state index in [-0.39, 0.29) is 16.6 Å². The largest absolute Gasteiger partial charge is 0.384 e. The van der Waals surface area contributed by atoms with Crippen molar-refractivity contribution in [3.8, 4) is 0 Å². The second-order valence-electron chi connectivity index (χ2n) is 4.19. The molecule has 0 bridgehead atoms. The Hall–Kier alpha value is -1.21. The number of anilines is 1. The van der Waals surface area contributed by atoms with Crippen molar-refractivity contribution in [2.24, 2.45) is 5.73 Å². The molecule has 0 aliphatic rings. The Labute approximate surface area is 111 Å². The summed E-state index contributed by atoms with van der Waals surface area (Å²) in [4.78, 5) is -0.380. The topological polar surface area (TPSA) is 72.2 Å². The van der Waals surface area contributed by atoms with Gasteiger partial charge in [0, 0.05) is 12.6 Å². The van der Waals surface area contributed by atoms with E-state index in [1.54, 1.807) is 6.07 Å². The van der Waals surface area contributed by atoms with Gasteiger partial charge in [0.15, 0.2) is 0 Å². The van der Waals surface area contributed by atoms with Crippen LogP contribution in [0, 0.1) is 0 Å². The quantitative estimate of drug-likeness (QED) is 0.808. The standard InChI is InChI=1S/C12H18F2N2O2S/c1-2-9(15)7-8-16-10-5-3-4-6-11(10)19(17,18)12(13)14/h3-6,9,12,16H,2,7-8,15H2,1H3. The lowest BCUT2D eigenvalue weighted by Crippen LogP contribution is -2.22. The minimum atomic E-state index is -4.59. The van der Waals surface area contributed by atoms with E-state index in [0.717, 1.165) is 6.42 Å². The van der Waals surface area contributed by atoms with Gasteiger partial charge in [0.2, 0.25) is 9.84 Å². The third kappa shape index (κ3) is 4.14. The van der Waals surface area contributed by atoms with E-state index in [2.05, 4.69) is 5.32 Å². The van der Waals surface area contributed by atoms with Crippen molar-refractivity contribution in [3.63, 3.8) is 0 Å². The summed E-state index contributed by atoms with van der Waals surface area (Å²) in [6, 6.07) is 5.65. The molecule has 4 nitrogen and oxygen atoms in total. The molecule has 1 atom stereocenters. The molecule has 0 saturated carbocycles. The first-order chi connectivity index (χ1) is 8.89. The molecule has 0 aliphatic heterocycles. The minimum absolute atomic E-state index is 0.00590. The van der Waals surface area contributed by atoms with Gasteiger partial charge in [-0.15, -0.1) is 0 Å². The van der Waals surface area contributed by atoms with E-state index < -0.39 is 15.6 Å². The van der Waals surface area contributed by atoms with Gasteiger partial charge in [-0.1, -0.05) is 19.1 Å². The Bertz CT molecular complexity index is 506. The van der Waals surface area contributed by atoms with Crippen molar-refractivity contribution in [1.29, 1.82) is 0 Å². The Balaban J connectivity index is 2.86. The van der Waals surface area contributed by atoms with Crippen molar-refractivity contribution in [2.75, 3.05) is 11.9 Å². The Morgan fingerprint density at radius 1 is 1.32 bits per heavy atom. The zero-order valence-corrected chi connectivity index (χ0v) is 11.5. The molecule has 7 heteroatoms. The first-order valence-corrected chi connectivity index (χ1v) is 7.54. The summed E-state index contributed by atoms with van der Waals surface area (Å²) in [5, 5.41) is 2.85. The Morgan fingerprint density at radius 2 is 1.95 bits per heavy atom. The maximum absolute atomic E-state index is 12.5. The Kier molecular flexibility index (Phi) is 5.68. The summed E-state index contributed by atoms with van der Waals surface area (Å²) in [5.41, 5.74) is 5.92. The SMILES string of the molecule is CCC(N)CCNc1ccccc1S(=O)(=O)C(F)F. The van der Waals surface area contributed by atoms with Crippen LogP contribution in [0.3, 0.4) is 0 Å². The number of hydrogen-bond acceptors (Lipinski definition) is 4. The summed E-state index contributed by atoms with van der Waals surface area (Å²) in [7, 11) is -4.59. The van der Waals surface area contributed by atoms with Gasteiger partial charge >= 0.3 is 5.76 Å². The van der Waals surface area contributed by atoms with Crippen LogP contribution >= 0.6 is 0 Å². The molecule has 0 aliphatic carbocycles. The first-order valence-electron chi connectivity index (χ1n) is 6.00. The second kappa shape index (κ2) is 6.81. The number of alkyl halides is 2. The van der Waals surface area contributed by atoms with Crippen molar-refractivity contribution >= 4 is 15.5 Å². The summed E-state index contributed by atoms with van der Waals surface area (Å²) < 4.78 is 48.1. The van der Waals surface area contributed by atoms with Crippen LogP contribution in [0.4, 0.5) is 14.5 Å². The first kappa shape index (κ1) is 15.8. The van der Waals surface area contributed by atoms with Crippen molar-refractivity contribution in [2.45, 2.75) is 36.5 Å². The van der Waals surface area contributed by atoms with E-state index in [1.807, 2.05) is 6.92 Å². The van der Waals surface area contributed by atoms with E-state index in [4.69, 9.17) is 5.73 Å². The fraction of sp³-hybridized carbons (Fsp3) is 0.500. The van der Waals surface area contributed by atoms with Gasteiger partial charge in [-0.2, -0.15) is 8.78 Å². The lowest BCUT2D eigenvalue weighted by molar-refractivity contribution is 0.235. The lowest BCUT2D eigenvalue weighted by atomic mass is 10.2. The maximum Gasteiger partial charge on any atom is 0.341 e. The summed E-state index contributed by atoms with van der Waals surface area (Å²) in [5.74, 6) is -3.42. The maximum atomic E-state index is 12.5. The number of nitrogens with one attached hydrogen (secondary N) is 1. The van der Waals surface area contributed by atoms with Crippen LogP contribution in [0.15, 0.2) is 29.2 Å². The number of halogens is 2. The van der Waals surface area contributed by atoms with E-state index in [1.165, 1.54) is 18.2 Å². The molecule has 1 rings (SSSR count). The van der Waals surface area contributed by atoms with Gasteiger partial charge in [-0.05, 0) is 25.0 Å². The van der Waals surface area contributed by atoms with Crippen LogP contribution in [0.5, 0.6) is 0 Å². The number of benzene rings is 1. The smallest absolute Gasteiger partial charge is 0.341 e. The highest BCUT2D eigenvalue weighted by Crippen LogP contribution is 2.25. The molecule has 1 aromatic carbocycles. The van der Waals surface area contributed by atoms with Crippen LogP contribution in [0.2, 0.25) is 0 Å². The number of para-hydroxylation sites is 1. The van der Waals surface area contributed by atoms with Crippen LogP contribution in [0.1, 0.15) is 19.8 Å². The van der Waals surface area contributed by atoms with Gasteiger partial charge in [0.1, 0.15) is 0 Å². The van der Waals surface area contributed by atoms with Gasteiger partial charge in [0.05, 0.1) is 10.6 Å². The summed E-state index contributed by atoms with van der Waals surface area (Å²) in [6.45, 7) is 2.38. The Morgan fingerprint density at radius 3 is 2.53 bits per heavy atom. The van der Waals surface area contributed by atoms with Crippen molar-refractivity contribution < 1.29 is 17.2 Å². The third-order valence-electron chi connectivity index (χ3n) is 2.78. The molecule has 0 aromatic heterocycles. The zero-order chi connectivity index (χ0) is 14.5. The van der Waals surface area contributed by atoms with Gasteiger partial charge < -0.3 is 11.1 Å². The molecule has 0 spiro atoms. The van der Waals surface area contributed by atoms with E-state index in [0.29, 0.717) is 13.0 Å². The predicted octanol–water partition coefficient (Wildman–Crippen LogP) is 2.22. The lowest BCUT2D eigenvalue weighted by Gasteiger charge is -2.14. The number of sulfone groups is 1. The van der Waals surface area contributed by atoms with Crippen LogP contribution in [0.25, 0.3) is 0 Å². The normalized spacial score (nSPS) is 13.5. The fourth-order valence-electron chi connectivity index (χ4n) is 1.55. The summed E-state index contributed by atoms with van der Waals surface area (Å²) >= 11 is 0. The number of rotatable bonds is 7. The zero-order valence-electron chi connectivity index (χ0n) is 10.6. The van der Waals surface area contributed by atoms with Gasteiger partial charge in [0.25, 0.3) is 0 Å². The van der Waals surface area contributed by atoms with Gasteiger partial charge in [-0.25, -0.2) is 8.42 Å². The molecule has 3 N–H and O–H groups in total. The van der Waals surface area contributed by atoms with Crippen molar-refractivity contribution in [3.05, 3.63) is 24.3 Å². The minimum Gasteiger partial charge on any atom is -0.384 e. The molecule has 108 valence electrons. The van der Waals surface area contributed by atoms with Crippen molar-refractivity contribution in [1.82, 2.24) is 0 Å². The molecule has 1 unspecified atom stereocenters. The molecule has 0 heterocycles. The summed E-state index contributed by atoms with van der Waals surface area (Å²) in [6.07, 6.45) is 1.44. The molecule has 0 radical (unpaired) electrons.